The summed E-state index contributed by atoms with van der Waals surface area (Å²) in [5.41, 5.74) is 0.785. The van der Waals surface area contributed by atoms with Crippen LogP contribution in [-0.4, -0.2) is 12.0 Å². The Kier molecular flexibility index (Phi) is 3.86. The number of hydrogen-bond acceptors (Lipinski definition) is 3. The summed E-state index contributed by atoms with van der Waals surface area (Å²) in [6.45, 7) is 0. The van der Waals surface area contributed by atoms with Gasteiger partial charge in [-0.25, -0.2) is 4.39 Å². The predicted molar refractivity (Wildman–Crippen MR) is 64.4 cm³/mol. The minimum absolute atomic E-state index is 0.371. The van der Waals surface area contributed by atoms with E-state index < -0.39 is 17.6 Å². The average molecular weight is 290 g/mol. The van der Waals surface area contributed by atoms with E-state index in [1.165, 1.54) is 17.4 Å². The van der Waals surface area contributed by atoms with E-state index >= 15 is 0 Å². The largest absolute Gasteiger partial charge is 0.419 e. The number of thiazole rings is 1. The van der Waals surface area contributed by atoms with Crippen molar-refractivity contribution in [3.63, 3.8) is 0 Å². The summed E-state index contributed by atoms with van der Waals surface area (Å²) in [6, 6.07) is 2.57. The van der Waals surface area contributed by atoms with Crippen molar-refractivity contribution in [3.8, 4) is 0 Å². The maximum atomic E-state index is 13.5. The molecule has 1 unspecified atom stereocenters. The van der Waals surface area contributed by atoms with Crippen molar-refractivity contribution >= 4 is 11.3 Å². The number of rotatable bonds is 3. The standard InChI is InChI=1S/C12H10F4N2S/c1-17-11(10-5-18-6-19-10)7-2-3-8(9(13)4-7)12(14,15)16/h2-6,11,17H,1H3. The summed E-state index contributed by atoms with van der Waals surface area (Å²) in [5, 5.41) is 2.93. The van der Waals surface area contributed by atoms with Gasteiger partial charge in [0.1, 0.15) is 5.82 Å². The summed E-state index contributed by atoms with van der Waals surface area (Å²) in [4.78, 5) is 4.71. The van der Waals surface area contributed by atoms with Crippen LogP contribution >= 0.6 is 11.3 Å². The van der Waals surface area contributed by atoms with E-state index in [1.54, 1.807) is 18.8 Å². The Bertz CT molecular complexity index is 551. The van der Waals surface area contributed by atoms with Crippen LogP contribution in [0.25, 0.3) is 0 Å². The van der Waals surface area contributed by atoms with Crippen molar-refractivity contribution < 1.29 is 17.6 Å². The topological polar surface area (TPSA) is 24.9 Å². The van der Waals surface area contributed by atoms with E-state index in [0.717, 1.165) is 17.0 Å². The van der Waals surface area contributed by atoms with Crippen LogP contribution in [0.5, 0.6) is 0 Å². The third-order valence-corrected chi connectivity index (χ3v) is 3.50. The van der Waals surface area contributed by atoms with Crippen molar-refractivity contribution in [1.29, 1.82) is 0 Å². The molecule has 102 valence electrons. The number of aromatic nitrogens is 1. The second-order valence-electron chi connectivity index (χ2n) is 3.86. The minimum atomic E-state index is -4.68. The zero-order valence-electron chi connectivity index (χ0n) is 9.83. The Hall–Kier alpha value is -1.47. The van der Waals surface area contributed by atoms with Crippen LogP contribution in [-0.2, 0) is 6.18 Å². The van der Waals surface area contributed by atoms with Gasteiger partial charge < -0.3 is 5.32 Å². The molecule has 1 heterocycles. The van der Waals surface area contributed by atoms with Gasteiger partial charge in [0.2, 0.25) is 0 Å². The molecule has 7 heteroatoms. The zero-order chi connectivity index (χ0) is 14.0. The van der Waals surface area contributed by atoms with E-state index in [9.17, 15) is 17.6 Å². The normalized spacial score (nSPS) is 13.5. The number of alkyl halides is 3. The summed E-state index contributed by atoms with van der Waals surface area (Å²) < 4.78 is 50.9. The highest BCUT2D eigenvalue weighted by atomic mass is 32.1. The number of halogens is 4. The first-order valence-corrected chi connectivity index (χ1v) is 6.23. The van der Waals surface area contributed by atoms with Gasteiger partial charge in [-0.15, -0.1) is 11.3 Å². The Morgan fingerprint density at radius 1 is 1.32 bits per heavy atom. The van der Waals surface area contributed by atoms with Gasteiger partial charge in [0.05, 0.1) is 17.1 Å². The van der Waals surface area contributed by atoms with Crippen molar-refractivity contribution in [2.45, 2.75) is 12.2 Å². The molecule has 2 nitrogen and oxygen atoms in total. The molecule has 0 bridgehead atoms. The van der Waals surface area contributed by atoms with E-state index in [0.29, 0.717) is 5.56 Å². The number of benzene rings is 1. The van der Waals surface area contributed by atoms with Crippen molar-refractivity contribution in [2.75, 3.05) is 7.05 Å². The molecule has 0 saturated heterocycles. The first kappa shape index (κ1) is 14.0. The first-order valence-electron chi connectivity index (χ1n) is 5.35. The molecule has 0 fully saturated rings. The van der Waals surface area contributed by atoms with Crippen LogP contribution in [0, 0.1) is 5.82 Å². The number of hydrogen-bond donors (Lipinski definition) is 1. The number of nitrogens with zero attached hydrogens (tertiary/aromatic N) is 1. The fraction of sp³-hybridized carbons (Fsp3) is 0.250. The van der Waals surface area contributed by atoms with Crippen LogP contribution < -0.4 is 5.32 Å². The van der Waals surface area contributed by atoms with Crippen LogP contribution in [0.15, 0.2) is 29.9 Å². The number of nitrogens with one attached hydrogen (secondary N) is 1. The van der Waals surface area contributed by atoms with Crippen LogP contribution in [0.1, 0.15) is 22.0 Å². The highest BCUT2D eigenvalue weighted by Gasteiger charge is 2.34. The molecule has 1 N–H and O–H groups in total. The van der Waals surface area contributed by atoms with Crippen molar-refractivity contribution in [1.82, 2.24) is 10.3 Å². The maximum Gasteiger partial charge on any atom is 0.419 e. The van der Waals surface area contributed by atoms with E-state index in [1.807, 2.05) is 0 Å². The molecule has 0 saturated carbocycles. The van der Waals surface area contributed by atoms with Crippen molar-refractivity contribution in [3.05, 3.63) is 51.7 Å². The molecule has 0 aliphatic heterocycles. The minimum Gasteiger partial charge on any atom is -0.309 e. The fourth-order valence-electron chi connectivity index (χ4n) is 1.78. The molecular formula is C12H10F4N2S. The molecule has 0 aliphatic carbocycles. The summed E-state index contributed by atoms with van der Waals surface area (Å²) in [7, 11) is 1.65. The third-order valence-electron chi connectivity index (χ3n) is 2.66. The average Bonchev–Trinajstić information content (AvgIpc) is 2.82. The first-order chi connectivity index (χ1) is 8.93. The lowest BCUT2D eigenvalue weighted by Gasteiger charge is -2.16. The highest BCUT2D eigenvalue weighted by Crippen LogP contribution is 2.33. The quantitative estimate of drug-likeness (QED) is 0.874. The van der Waals surface area contributed by atoms with Gasteiger partial charge in [-0.05, 0) is 24.7 Å². The van der Waals surface area contributed by atoms with Gasteiger partial charge in [-0.1, -0.05) is 6.07 Å². The summed E-state index contributed by atoms with van der Waals surface area (Å²) in [6.07, 6.45) is -3.08. The predicted octanol–water partition coefficient (Wildman–Crippen LogP) is 3.61. The third kappa shape index (κ3) is 2.93. The fourth-order valence-corrected chi connectivity index (χ4v) is 2.54. The van der Waals surface area contributed by atoms with E-state index in [4.69, 9.17) is 0 Å². The molecule has 1 aromatic heterocycles. The molecular weight excluding hydrogens is 280 g/mol. The van der Waals surface area contributed by atoms with Gasteiger partial charge in [0.15, 0.2) is 0 Å². The maximum absolute atomic E-state index is 13.5. The summed E-state index contributed by atoms with van der Waals surface area (Å²) >= 11 is 1.35. The molecule has 1 atom stereocenters. The van der Waals surface area contributed by atoms with Crippen LogP contribution in [0.3, 0.4) is 0 Å². The Morgan fingerprint density at radius 3 is 2.53 bits per heavy atom. The SMILES string of the molecule is CNC(c1ccc(C(F)(F)F)c(F)c1)c1cncs1. The second-order valence-corrected chi connectivity index (χ2v) is 4.78. The Morgan fingerprint density at radius 2 is 2.05 bits per heavy atom. The molecule has 0 aliphatic rings. The van der Waals surface area contributed by atoms with Crippen molar-refractivity contribution in [2.24, 2.45) is 0 Å². The van der Waals surface area contributed by atoms with Gasteiger partial charge >= 0.3 is 6.18 Å². The van der Waals surface area contributed by atoms with Gasteiger partial charge in [0, 0.05) is 11.1 Å². The molecule has 1 aromatic carbocycles. The Labute approximate surface area is 111 Å². The second kappa shape index (κ2) is 5.26. The molecule has 2 aromatic rings. The van der Waals surface area contributed by atoms with Crippen LogP contribution in [0.4, 0.5) is 17.6 Å². The van der Waals surface area contributed by atoms with Gasteiger partial charge in [-0.2, -0.15) is 13.2 Å². The van der Waals surface area contributed by atoms with Gasteiger partial charge in [-0.3, -0.25) is 4.98 Å². The van der Waals surface area contributed by atoms with E-state index in [-0.39, 0.29) is 6.04 Å². The van der Waals surface area contributed by atoms with E-state index in [2.05, 4.69) is 10.3 Å². The lowest BCUT2D eigenvalue weighted by molar-refractivity contribution is -0.140. The zero-order valence-corrected chi connectivity index (χ0v) is 10.6. The summed E-state index contributed by atoms with van der Waals surface area (Å²) in [5.74, 6) is -1.27. The smallest absolute Gasteiger partial charge is 0.309 e. The molecule has 0 amide bonds. The molecule has 0 radical (unpaired) electrons. The molecule has 0 spiro atoms. The lowest BCUT2D eigenvalue weighted by Crippen LogP contribution is -2.17. The lowest BCUT2D eigenvalue weighted by atomic mass is 10.0. The monoisotopic (exact) mass is 290 g/mol. The highest BCUT2D eigenvalue weighted by molar-refractivity contribution is 7.09. The van der Waals surface area contributed by atoms with Crippen LogP contribution in [0.2, 0.25) is 0 Å². The molecule has 19 heavy (non-hydrogen) atoms. The Balaban J connectivity index is 2.39. The molecule has 2 rings (SSSR count). The van der Waals surface area contributed by atoms with Gasteiger partial charge in [0.25, 0.3) is 0 Å².